The molecule has 0 bridgehead atoms. The Morgan fingerprint density at radius 2 is 2.06 bits per heavy atom. The van der Waals surface area contributed by atoms with E-state index in [1.54, 1.807) is 12.3 Å². The normalized spacial score (nSPS) is 12.5. The lowest BCUT2D eigenvalue weighted by atomic mass is 10.3. The monoisotopic (exact) mass is 252 g/mol. The summed E-state index contributed by atoms with van der Waals surface area (Å²) in [5.41, 5.74) is 0. The standard InChI is InChI=1S/C13H24N4O/c1-5-17(6-2)10-11(4)15-13-14-9-8-12(16-13)18-7-3/h8-9,11H,5-7,10H2,1-4H3,(H,14,15,16). The van der Waals surface area contributed by atoms with Crippen molar-refractivity contribution in [3.63, 3.8) is 0 Å². The fourth-order valence-corrected chi connectivity index (χ4v) is 1.78. The maximum absolute atomic E-state index is 5.35. The third-order valence-electron chi connectivity index (χ3n) is 2.72. The molecule has 0 aliphatic rings. The van der Waals surface area contributed by atoms with Crippen LogP contribution in [0.25, 0.3) is 0 Å². The van der Waals surface area contributed by atoms with Crippen molar-refractivity contribution in [3.05, 3.63) is 12.3 Å². The van der Waals surface area contributed by atoms with Crippen LogP contribution in [0.1, 0.15) is 27.7 Å². The highest BCUT2D eigenvalue weighted by Gasteiger charge is 2.08. The van der Waals surface area contributed by atoms with E-state index < -0.39 is 0 Å². The summed E-state index contributed by atoms with van der Waals surface area (Å²) < 4.78 is 5.35. The van der Waals surface area contributed by atoms with E-state index in [0.717, 1.165) is 19.6 Å². The first-order valence-electron chi connectivity index (χ1n) is 6.64. The van der Waals surface area contributed by atoms with Crippen molar-refractivity contribution < 1.29 is 4.74 Å². The van der Waals surface area contributed by atoms with Gasteiger partial charge in [-0.1, -0.05) is 13.8 Å². The SMILES string of the molecule is CCOc1ccnc(NC(C)CN(CC)CC)n1. The minimum atomic E-state index is 0.307. The molecule has 1 aromatic heterocycles. The Balaban J connectivity index is 2.52. The van der Waals surface area contributed by atoms with Crippen LogP contribution in [0.15, 0.2) is 12.3 Å². The fraction of sp³-hybridized carbons (Fsp3) is 0.692. The van der Waals surface area contributed by atoms with Crippen LogP contribution in [0.4, 0.5) is 5.95 Å². The van der Waals surface area contributed by atoms with E-state index >= 15 is 0 Å². The quantitative estimate of drug-likeness (QED) is 0.767. The minimum absolute atomic E-state index is 0.307. The number of aromatic nitrogens is 2. The molecule has 0 spiro atoms. The Hall–Kier alpha value is -1.36. The highest BCUT2D eigenvalue weighted by molar-refractivity contribution is 5.28. The topological polar surface area (TPSA) is 50.3 Å². The summed E-state index contributed by atoms with van der Waals surface area (Å²) in [5, 5.41) is 3.30. The largest absolute Gasteiger partial charge is 0.478 e. The van der Waals surface area contributed by atoms with Gasteiger partial charge in [-0.3, -0.25) is 0 Å². The molecule has 102 valence electrons. The molecule has 1 N–H and O–H groups in total. The van der Waals surface area contributed by atoms with Crippen LogP contribution in [0.5, 0.6) is 5.88 Å². The van der Waals surface area contributed by atoms with E-state index in [1.165, 1.54) is 0 Å². The first-order chi connectivity index (χ1) is 8.69. The molecule has 1 rings (SSSR count). The van der Waals surface area contributed by atoms with E-state index in [1.807, 2.05) is 6.92 Å². The summed E-state index contributed by atoms with van der Waals surface area (Å²) in [7, 11) is 0. The molecule has 0 radical (unpaired) electrons. The predicted molar refractivity (Wildman–Crippen MR) is 74.1 cm³/mol. The van der Waals surface area contributed by atoms with Gasteiger partial charge in [0.05, 0.1) is 6.61 Å². The summed E-state index contributed by atoms with van der Waals surface area (Å²) in [5.74, 6) is 1.24. The number of nitrogens with zero attached hydrogens (tertiary/aromatic N) is 3. The Morgan fingerprint density at radius 1 is 1.33 bits per heavy atom. The highest BCUT2D eigenvalue weighted by atomic mass is 16.5. The van der Waals surface area contributed by atoms with Crippen LogP contribution >= 0.6 is 0 Å². The van der Waals surface area contributed by atoms with Crippen molar-refractivity contribution in [2.75, 3.05) is 31.6 Å². The van der Waals surface area contributed by atoms with Crippen molar-refractivity contribution in [2.45, 2.75) is 33.7 Å². The number of hydrogen-bond donors (Lipinski definition) is 1. The summed E-state index contributed by atoms with van der Waals surface area (Å²) in [6.45, 7) is 12.1. The summed E-state index contributed by atoms with van der Waals surface area (Å²) >= 11 is 0. The molecule has 0 amide bonds. The second-order valence-electron chi connectivity index (χ2n) is 4.18. The molecule has 1 heterocycles. The molecule has 1 atom stereocenters. The Bertz CT molecular complexity index is 342. The Labute approximate surface area is 110 Å². The van der Waals surface area contributed by atoms with Gasteiger partial charge < -0.3 is 15.0 Å². The first kappa shape index (κ1) is 14.7. The average molecular weight is 252 g/mol. The molecule has 1 unspecified atom stereocenters. The molecule has 0 aliphatic carbocycles. The zero-order valence-electron chi connectivity index (χ0n) is 11.8. The van der Waals surface area contributed by atoms with Crippen LogP contribution in [-0.2, 0) is 0 Å². The van der Waals surface area contributed by atoms with Gasteiger partial charge >= 0.3 is 0 Å². The van der Waals surface area contributed by atoms with Crippen LogP contribution in [0.3, 0.4) is 0 Å². The summed E-state index contributed by atoms with van der Waals surface area (Å²) in [6.07, 6.45) is 1.71. The van der Waals surface area contributed by atoms with Crippen molar-refractivity contribution in [2.24, 2.45) is 0 Å². The maximum atomic E-state index is 5.35. The maximum Gasteiger partial charge on any atom is 0.226 e. The predicted octanol–water partition coefficient (Wildman–Crippen LogP) is 2.02. The first-order valence-corrected chi connectivity index (χ1v) is 6.64. The van der Waals surface area contributed by atoms with Gasteiger partial charge in [0.1, 0.15) is 0 Å². The Kier molecular flexibility index (Phi) is 6.43. The lowest BCUT2D eigenvalue weighted by molar-refractivity contribution is 0.294. The minimum Gasteiger partial charge on any atom is -0.478 e. The van der Waals surface area contributed by atoms with Gasteiger partial charge in [0.15, 0.2) is 0 Å². The summed E-state index contributed by atoms with van der Waals surface area (Å²) in [6, 6.07) is 2.07. The van der Waals surface area contributed by atoms with Crippen molar-refractivity contribution in [3.8, 4) is 5.88 Å². The van der Waals surface area contributed by atoms with Gasteiger partial charge in [0.2, 0.25) is 11.8 Å². The Morgan fingerprint density at radius 3 is 2.67 bits per heavy atom. The van der Waals surface area contributed by atoms with Crippen LogP contribution in [0, 0.1) is 0 Å². The van der Waals surface area contributed by atoms with Gasteiger partial charge in [-0.05, 0) is 26.9 Å². The molecule has 18 heavy (non-hydrogen) atoms. The molecule has 0 saturated heterocycles. The zero-order valence-corrected chi connectivity index (χ0v) is 11.8. The van der Waals surface area contributed by atoms with Gasteiger partial charge in [0, 0.05) is 24.8 Å². The molecule has 0 aromatic carbocycles. The van der Waals surface area contributed by atoms with Gasteiger partial charge in [-0.2, -0.15) is 4.98 Å². The molecular weight excluding hydrogens is 228 g/mol. The van der Waals surface area contributed by atoms with E-state index in [2.05, 4.69) is 41.0 Å². The third-order valence-corrected chi connectivity index (χ3v) is 2.72. The molecule has 1 aromatic rings. The van der Waals surface area contributed by atoms with Crippen molar-refractivity contribution in [1.29, 1.82) is 0 Å². The van der Waals surface area contributed by atoms with E-state index in [9.17, 15) is 0 Å². The number of rotatable bonds is 8. The lowest BCUT2D eigenvalue weighted by Gasteiger charge is -2.23. The molecular formula is C13H24N4O. The van der Waals surface area contributed by atoms with Crippen molar-refractivity contribution in [1.82, 2.24) is 14.9 Å². The lowest BCUT2D eigenvalue weighted by Crippen LogP contribution is -2.35. The third kappa shape index (κ3) is 4.87. The number of hydrogen-bond acceptors (Lipinski definition) is 5. The summed E-state index contributed by atoms with van der Waals surface area (Å²) in [4.78, 5) is 10.9. The average Bonchev–Trinajstić information content (AvgIpc) is 2.36. The van der Waals surface area contributed by atoms with Gasteiger partial charge in [0.25, 0.3) is 0 Å². The van der Waals surface area contributed by atoms with Gasteiger partial charge in [-0.15, -0.1) is 0 Å². The molecule has 5 nitrogen and oxygen atoms in total. The zero-order chi connectivity index (χ0) is 13.4. The molecule has 5 heteroatoms. The second kappa shape index (κ2) is 7.87. The van der Waals surface area contributed by atoms with E-state index in [4.69, 9.17) is 4.74 Å². The number of likely N-dealkylation sites (N-methyl/N-ethyl adjacent to an activating group) is 1. The smallest absolute Gasteiger partial charge is 0.226 e. The van der Waals surface area contributed by atoms with Crippen LogP contribution < -0.4 is 10.1 Å². The highest BCUT2D eigenvalue weighted by Crippen LogP contribution is 2.09. The number of ether oxygens (including phenoxy) is 1. The van der Waals surface area contributed by atoms with E-state index in [-0.39, 0.29) is 0 Å². The number of anilines is 1. The van der Waals surface area contributed by atoms with Crippen molar-refractivity contribution >= 4 is 5.95 Å². The molecule has 0 aliphatic heterocycles. The van der Waals surface area contributed by atoms with E-state index in [0.29, 0.717) is 24.5 Å². The molecule has 0 saturated carbocycles. The molecule has 0 fully saturated rings. The van der Waals surface area contributed by atoms with Crippen LogP contribution in [-0.4, -0.2) is 47.2 Å². The second-order valence-corrected chi connectivity index (χ2v) is 4.18. The fourth-order valence-electron chi connectivity index (χ4n) is 1.78. The van der Waals surface area contributed by atoms with Crippen LogP contribution in [0.2, 0.25) is 0 Å². The number of nitrogens with one attached hydrogen (secondary N) is 1. The van der Waals surface area contributed by atoms with Gasteiger partial charge in [-0.25, -0.2) is 4.98 Å².